The third-order valence-corrected chi connectivity index (χ3v) is 9.73. The maximum absolute atomic E-state index is 6.36. The lowest BCUT2D eigenvalue weighted by molar-refractivity contribution is 0.655. The van der Waals surface area contributed by atoms with Crippen molar-refractivity contribution in [1.82, 2.24) is 15.0 Å². The van der Waals surface area contributed by atoms with E-state index in [1.807, 2.05) is 13.0 Å². The highest BCUT2D eigenvalue weighted by Crippen LogP contribution is 2.40. The lowest BCUT2D eigenvalue weighted by atomic mass is 9.93. The molecule has 0 radical (unpaired) electrons. The molecule has 0 saturated carbocycles. The number of nitrogens with zero attached hydrogens (tertiary/aromatic N) is 3. The van der Waals surface area contributed by atoms with Crippen molar-refractivity contribution in [3.05, 3.63) is 70.7 Å². The Morgan fingerprint density at radius 2 is 1.50 bits per heavy atom. The summed E-state index contributed by atoms with van der Waals surface area (Å²) < 4.78 is 6.36. The minimum absolute atomic E-state index is 0.658. The Balaban J connectivity index is 1.79. The first-order valence-electron chi connectivity index (χ1n) is 12.6. The number of pyridine rings is 1. The molecule has 0 spiro atoms. The molecule has 0 aliphatic heterocycles. The SMILES string of the molecule is Cc1nc(-c2ccc(C)c3c2oc2ncccc23)c2cc(C)c3cc(C)c([Si](C)(C)C)c(C)c3c2n1. The van der Waals surface area contributed by atoms with Gasteiger partial charge in [0, 0.05) is 33.3 Å². The van der Waals surface area contributed by atoms with Gasteiger partial charge in [-0.15, -0.1) is 0 Å². The molecule has 0 fully saturated rings. The van der Waals surface area contributed by atoms with Crippen molar-refractivity contribution >= 4 is 57.0 Å². The van der Waals surface area contributed by atoms with E-state index in [1.54, 1.807) is 6.20 Å². The van der Waals surface area contributed by atoms with Gasteiger partial charge in [0.1, 0.15) is 11.4 Å². The summed E-state index contributed by atoms with van der Waals surface area (Å²) >= 11 is 0. The highest BCUT2D eigenvalue weighted by molar-refractivity contribution is 6.89. The van der Waals surface area contributed by atoms with Crippen LogP contribution in [0.5, 0.6) is 0 Å². The quantitative estimate of drug-likeness (QED) is 0.184. The van der Waals surface area contributed by atoms with Crippen molar-refractivity contribution in [2.24, 2.45) is 0 Å². The second-order valence-electron chi connectivity index (χ2n) is 11.2. The van der Waals surface area contributed by atoms with E-state index in [2.05, 4.69) is 82.7 Å². The number of benzene rings is 3. The molecule has 180 valence electrons. The van der Waals surface area contributed by atoms with Gasteiger partial charge in [0.2, 0.25) is 5.71 Å². The van der Waals surface area contributed by atoms with Gasteiger partial charge in [0.15, 0.2) is 0 Å². The average Bonchev–Trinajstić information content (AvgIpc) is 3.19. The third kappa shape index (κ3) is 3.22. The Morgan fingerprint density at radius 1 is 0.750 bits per heavy atom. The molecule has 0 amide bonds. The van der Waals surface area contributed by atoms with Crippen LogP contribution in [0, 0.1) is 34.6 Å². The maximum atomic E-state index is 6.36. The van der Waals surface area contributed by atoms with E-state index in [-0.39, 0.29) is 0 Å². The van der Waals surface area contributed by atoms with E-state index >= 15 is 0 Å². The minimum atomic E-state index is -1.56. The van der Waals surface area contributed by atoms with E-state index in [0.29, 0.717) is 5.71 Å². The van der Waals surface area contributed by atoms with Crippen molar-refractivity contribution in [3.8, 4) is 11.3 Å². The molecule has 6 rings (SSSR count). The zero-order valence-electron chi connectivity index (χ0n) is 22.3. The Kier molecular flexibility index (Phi) is 4.90. The predicted molar refractivity (Wildman–Crippen MR) is 154 cm³/mol. The standard InChI is InChI=1S/C31H31N3OSi/c1-16-11-12-22(29-25(16)21-10-9-13-32-31(21)35-29)27-24-14-17(2)23-15-18(3)30(36(6,7)8)19(4)26(23)28(24)34-20(5)33-27/h9-15H,1-8H3. The van der Waals surface area contributed by atoms with Gasteiger partial charge in [-0.05, 0) is 81.0 Å². The van der Waals surface area contributed by atoms with E-state index in [4.69, 9.17) is 14.4 Å². The van der Waals surface area contributed by atoms with Gasteiger partial charge in [-0.25, -0.2) is 15.0 Å². The van der Waals surface area contributed by atoms with Crippen LogP contribution in [-0.4, -0.2) is 23.0 Å². The molecule has 3 aromatic heterocycles. The van der Waals surface area contributed by atoms with Gasteiger partial charge in [0.25, 0.3) is 0 Å². The van der Waals surface area contributed by atoms with Crippen LogP contribution >= 0.6 is 0 Å². The molecule has 5 heteroatoms. The fraction of sp³-hybridized carbons (Fsp3) is 0.258. The molecule has 0 N–H and O–H groups in total. The Bertz CT molecular complexity index is 1880. The first-order valence-corrected chi connectivity index (χ1v) is 16.1. The average molecular weight is 490 g/mol. The van der Waals surface area contributed by atoms with Crippen LogP contribution in [-0.2, 0) is 0 Å². The minimum Gasteiger partial charge on any atom is -0.437 e. The second kappa shape index (κ2) is 7.71. The van der Waals surface area contributed by atoms with Crippen molar-refractivity contribution in [2.75, 3.05) is 0 Å². The van der Waals surface area contributed by atoms with Crippen LogP contribution in [0.3, 0.4) is 0 Å². The monoisotopic (exact) mass is 489 g/mol. The van der Waals surface area contributed by atoms with Crippen LogP contribution in [0.25, 0.3) is 55.0 Å². The highest BCUT2D eigenvalue weighted by Gasteiger charge is 2.25. The molecule has 4 nitrogen and oxygen atoms in total. The summed E-state index contributed by atoms with van der Waals surface area (Å²) in [5.41, 5.74) is 9.59. The van der Waals surface area contributed by atoms with E-state index in [1.165, 1.54) is 38.2 Å². The van der Waals surface area contributed by atoms with Gasteiger partial charge in [0.05, 0.1) is 19.3 Å². The number of hydrogen-bond acceptors (Lipinski definition) is 4. The first kappa shape index (κ1) is 22.9. The predicted octanol–water partition coefficient (Wildman–Crippen LogP) is 7.83. The molecular formula is C31H31N3OSi. The summed E-state index contributed by atoms with van der Waals surface area (Å²) in [7, 11) is -1.56. The molecule has 0 saturated heterocycles. The molecule has 0 unspecified atom stereocenters. The Hall–Kier alpha value is -3.57. The van der Waals surface area contributed by atoms with Crippen molar-refractivity contribution in [3.63, 3.8) is 0 Å². The van der Waals surface area contributed by atoms with Gasteiger partial charge in [-0.3, -0.25) is 0 Å². The topological polar surface area (TPSA) is 51.8 Å². The lowest BCUT2D eigenvalue weighted by Crippen LogP contribution is -2.41. The first-order chi connectivity index (χ1) is 17.1. The van der Waals surface area contributed by atoms with E-state index in [9.17, 15) is 0 Å². The molecule has 3 aromatic carbocycles. The largest absolute Gasteiger partial charge is 0.437 e. The smallest absolute Gasteiger partial charge is 0.227 e. The van der Waals surface area contributed by atoms with Crippen LogP contribution in [0.1, 0.15) is 28.1 Å². The molecular weight excluding hydrogens is 458 g/mol. The molecule has 0 atom stereocenters. The lowest BCUT2D eigenvalue weighted by Gasteiger charge is -2.25. The third-order valence-electron chi connectivity index (χ3n) is 7.46. The van der Waals surface area contributed by atoms with Crippen molar-refractivity contribution < 1.29 is 4.42 Å². The van der Waals surface area contributed by atoms with Gasteiger partial charge in [-0.2, -0.15) is 0 Å². The van der Waals surface area contributed by atoms with Crippen LogP contribution in [0.2, 0.25) is 19.6 Å². The summed E-state index contributed by atoms with van der Waals surface area (Å²) in [6.45, 7) is 18.1. The van der Waals surface area contributed by atoms with Crippen LogP contribution in [0.4, 0.5) is 0 Å². The molecule has 0 aliphatic carbocycles. The zero-order valence-corrected chi connectivity index (χ0v) is 23.3. The second-order valence-corrected chi connectivity index (χ2v) is 16.2. The summed E-state index contributed by atoms with van der Waals surface area (Å²) in [5.74, 6) is 0.764. The summed E-state index contributed by atoms with van der Waals surface area (Å²) in [5, 5.41) is 7.28. The van der Waals surface area contributed by atoms with E-state index < -0.39 is 8.07 Å². The van der Waals surface area contributed by atoms with Crippen LogP contribution in [0.15, 0.2) is 47.0 Å². The summed E-state index contributed by atoms with van der Waals surface area (Å²) in [6, 6.07) is 13.0. The number of rotatable bonds is 2. The van der Waals surface area contributed by atoms with Crippen molar-refractivity contribution in [1.29, 1.82) is 0 Å². The molecule has 6 aromatic rings. The number of fused-ring (bicyclic) bond motifs is 6. The number of aryl methyl sites for hydroxylation is 5. The number of furan rings is 1. The Labute approximate surface area is 212 Å². The number of hydrogen-bond donors (Lipinski definition) is 0. The van der Waals surface area contributed by atoms with Crippen molar-refractivity contribution in [2.45, 2.75) is 54.3 Å². The Morgan fingerprint density at radius 3 is 2.25 bits per heavy atom. The van der Waals surface area contributed by atoms with Gasteiger partial charge >= 0.3 is 0 Å². The molecule has 36 heavy (non-hydrogen) atoms. The molecule has 0 aliphatic rings. The highest BCUT2D eigenvalue weighted by atomic mass is 28.3. The zero-order chi connectivity index (χ0) is 25.5. The van der Waals surface area contributed by atoms with Gasteiger partial charge < -0.3 is 4.42 Å². The van der Waals surface area contributed by atoms with E-state index in [0.717, 1.165) is 44.3 Å². The molecule has 0 bridgehead atoms. The fourth-order valence-corrected chi connectivity index (χ4v) is 8.73. The summed E-state index contributed by atoms with van der Waals surface area (Å²) in [6.07, 6.45) is 1.78. The normalized spacial score (nSPS) is 12.4. The maximum Gasteiger partial charge on any atom is 0.227 e. The van der Waals surface area contributed by atoms with Crippen LogP contribution < -0.4 is 5.19 Å². The number of aromatic nitrogens is 3. The van der Waals surface area contributed by atoms with Gasteiger partial charge in [-0.1, -0.05) is 42.5 Å². The molecule has 3 heterocycles. The fourth-order valence-electron chi connectivity index (χ4n) is 6.23. The summed E-state index contributed by atoms with van der Waals surface area (Å²) in [4.78, 5) is 14.5.